The Hall–Kier alpha value is -1.84. The summed E-state index contributed by atoms with van der Waals surface area (Å²) >= 11 is 0. The van der Waals surface area contributed by atoms with Crippen LogP contribution >= 0.6 is 0 Å². The van der Waals surface area contributed by atoms with Gasteiger partial charge in [-0.25, -0.2) is 4.79 Å². The lowest BCUT2D eigenvalue weighted by Crippen LogP contribution is -2.20. The van der Waals surface area contributed by atoms with Gasteiger partial charge in [-0.15, -0.1) is 0 Å². The van der Waals surface area contributed by atoms with E-state index in [0.29, 0.717) is 24.0 Å². The summed E-state index contributed by atoms with van der Waals surface area (Å²) in [7, 11) is 0. The van der Waals surface area contributed by atoms with Crippen LogP contribution in [0.4, 0.5) is 0 Å². The smallest absolute Gasteiger partial charge is 0.335 e. The highest BCUT2D eigenvalue weighted by atomic mass is 16.4. The van der Waals surface area contributed by atoms with Gasteiger partial charge in [-0.1, -0.05) is 6.07 Å². The normalized spacial score (nSPS) is 16.6. The van der Waals surface area contributed by atoms with Crippen LogP contribution in [-0.2, 0) is 10.2 Å². The van der Waals surface area contributed by atoms with Crippen LogP contribution in [0.15, 0.2) is 12.1 Å². The maximum absolute atomic E-state index is 11.2. The van der Waals surface area contributed by atoms with Gasteiger partial charge in [0.25, 0.3) is 0 Å². The molecule has 0 unspecified atom stereocenters. The molecule has 1 aliphatic carbocycles. The van der Waals surface area contributed by atoms with E-state index >= 15 is 0 Å². The molecule has 0 heterocycles. The largest absolute Gasteiger partial charge is 0.481 e. The van der Waals surface area contributed by atoms with Crippen molar-refractivity contribution in [3.8, 4) is 0 Å². The fourth-order valence-electron chi connectivity index (χ4n) is 2.11. The van der Waals surface area contributed by atoms with Gasteiger partial charge in [0.15, 0.2) is 0 Å². The molecule has 0 aliphatic heterocycles. The van der Waals surface area contributed by atoms with E-state index in [2.05, 4.69) is 0 Å². The van der Waals surface area contributed by atoms with Gasteiger partial charge in [-0.2, -0.15) is 0 Å². The molecule has 4 heteroatoms. The molecule has 0 bridgehead atoms. The molecular weight excluding hydrogens is 220 g/mol. The summed E-state index contributed by atoms with van der Waals surface area (Å²) in [5.74, 6) is -1.87. The van der Waals surface area contributed by atoms with Gasteiger partial charge in [0, 0.05) is 0 Å². The van der Waals surface area contributed by atoms with Crippen molar-refractivity contribution in [2.45, 2.75) is 32.1 Å². The first-order chi connectivity index (χ1) is 7.88. The molecule has 0 atom stereocenters. The number of aliphatic carboxylic acids is 1. The van der Waals surface area contributed by atoms with Crippen molar-refractivity contribution in [1.29, 1.82) is 0 Å². The first kappa shape index (κ1) is 11.6. The van der Waals surface area contributed by atoms with E-state index in [9.17, 15) is 14.7 Å². The zero-order valence-electron chi connectivity index (χ0n) is 9.78. The zero-order chi connectivity index (χ0) is 12.8. The Labute approximate surface area is 98.9 Å². The number of carboxylic acid groups (broad SMARTS) is 2. The van der Waals surface area contributed by atoms with Gasteiger partial charge in [-0.3, -0.25) is 4.79 Å². The van der Waals surface area contributed by atoms with Gasteiger partial charge in [0.2, 0.25) is 0 Å². The summed E-state index contributed by atoms with van der Waals surface area (Å²) in [5, 5.41) is 18.3. The second kappa shape index (κ2) is 3.58. The van der Waals surface area contributed by atoms with E-state index in [4.69, 9.17) is 5.11 Å². The number of carboxylic acids is 2. The van der Waals surface area contributed by atoms with Crippen molar-refractivity contribution in [2.24, 2.45) is 0 Å². The predicted molar refractivity (Wildman–Crippen MR) is 61.4 cm³/mol. The van der Waals surface area contributed by atoms with Gasteiger partial charge in [0.05, 0.1) is 11.0 Å². The fourth-order valence-corrected chi connectivity index (χ4v) is 2.11. The highest BCUT2D eigenvalue weighted by Crippen LogP contribution is 2.49. The number of aryl methyl sites for hydroxylation is 1. The molecule has 0 aromatic heterocycles. The third-order valence-corrected chi connectivity index (χ3v) is 3.61. The summed E-state index contributed by atoms with van der Waals surface area (Å²) < 4.78 is 0. The van der Waals surface area contributed by atoms with Crippen molar-refractivity contribution < 1.29 is 19.8 Å². The summed E-state index contributed by atoms with van der Waals surface area (Å²) in [6.07, 6.45) is 1.17. The highest BCUT2D eigenvalue weighted by Gasteiger charge is 2.52. The van der Waals surface area contributed by atoms with Crippen LogP contribution in [0.2, 0.25) is 0 Å². The van der Waals surface area contributed by atoms with Crippen molar-refractivity contribution in [3.63, 3.8) is 0 Å². The molecule has 0 amide bonds. The predicted octanol–water partition coefficient (Wildman–Crippen LogP) is 2.12. The second-order valence-electron chi connectivity index (χ2n) is 4.66. The molecule has 0 radical (unpaired) electrons. The lowest BCUT2D eigenvalue weighted by atomic mass is 9.90. The Morgan fingerprint density at radius 1 is 1.18 bits per heavy atom. The Morgan fingerprint density at radius 2 is 1.76 bits per heavy atom. The molecule has 2 N–H and O–H groups in total. The van der Waals surface area contributed by atoms with Crippen molar-refractivity contribution >= 4 is 11.9 Å². The average Bonchev–Trinajstić information content (AvgIpc) is 3.02. The number of rotatable bonds is 3. The molecule has 1 saturated carbocycles. The van der Waals surface area contributed by atoms with Crippen LogP contribution in [0.25, 0.3) is 0 Å². The fraction of sp³-hybridized carbons (Fsp3) is 0.385. The minimum Gasteiger partial charge on any atom is -0.481 e. The van der Waals surface area contributed by atoms with E-state index in [-0.39, 0.29) is 5.56 Å². The summed E-state index contributed by atoms with van der Waals surface area (Å²) in [6, 6.07) is 3.30. The summed E-state index contributed by atoms with van der Waals surface area (Å²) in [5.41, 5.74) is 1.50. The third-order valence-electron chi connectivity index (χ3n) is 3.61. The van der Waals surface area contributed by atoms with Crippen LogP contribution in [-0.4, -0.2) is 22.2 Å². The van der Waals surface area contributed by atoms with Crippen LogP contribution in [0, 0.1) is 13.8 Å². The van der Waals surface area contributed by atoms with E-state index in [0.717, 1.165) is 5.56 Å². The lowest BCUT2D eigenvalue weighted by molar-refractivity contribution is -0.140. The van der Waals surface area contributed by atoms with E-state index in [1.165, 1.54) is 6.07 Å². The maximum atomic E-state index is 11.2. The van der Waals surface area contributed by atoms with E-state index < -0.39 is 17.4 Å². The number of benzene rings is 1. The van der Waals surface area contributed by atoms with Crippen molar-refractivity contribution in [1.82, 2.24) is 0 Å². The van der Waals surface area contributed by atoms with E-state index in [1.807, 2.05) is 6.92 Å². The van der Waals surface area contributed by atoms with Crippen molar-refractivity contribution in [3.05, 3.63) is 34.4 Å². The first-order valence-electron chi connectivity index (χ1n) is 5.47. The third kappa shape index (κ3) is 1.69. The topological polar surface area (TPSA) is 74.6 Å². The standard InChI is InChI=1S/C13H14O4/c1-7-5-9(13(3-4-13)12(16)17)6-10(8(7)2)11(14)15/h5-6H,3-4H2,1-2H3,(H,14,15)(H,16,17). The van der Waals surface area contributed by atoms with Gasteiger partial charge in [0.1, 0.15) is 0 Å². The molecule has 0 saturated heterocycles. The Kier molecular flexibility index (Phi) is 2.45. The van der Waals surface area contributed by atoms with Crippen LogP contribution < -0.4 is 0 Å². The molecule has 1 aromatic carbocycles. The molecule has 17 heavy (non-hydrogen) atoms. The number of hydrogen-bond acceptors (Lipinski definition) is 2. The monoisotopic (exact) mass is 234 g/mol. The first-order valence-corrected chi connectivity index (χ1v) is 5.47. The number of hydrogen-bond donors (Lipinski definition) is 2. The lowest BCUT2D eigenvalue weighted by Gasteiger charge is -2.14. The molecule has 1 fully saturated rings. The Bertz CT molecular complexity index is 512. The van der Waals surface area contributed by atoms with Crippen LogP contribution in [0.1, 0.15) is 39.9 Å². The van der Waals surface area contributed by atoms with Crippen molar-refractivity contribution in [2.75, 3.05) is 0 Å². The summed E-state index contributed by atoms with van der Waals surface area (Å²) in [6.45, 7) is 3.55. The van der Waals surface area contributed by atoms with Crippen LogP contribution in [0.5, 0.6) is 0 Å². The number of aromatic carboxylic acids is 1. The van der Waals surface area contributed by atoms with Gasteiger partial charge in [-0.05, 0) is 49.4 Å². The second-order valence-corrected chi connectivity index (χ2v) is 4.66. The Balaban J connectivity index is 2.58. The quantitative estimate of drug-likeness (QED) is 0.840. The molecule has 1 aliphatic rings. The molecule has 4 nitrogen and oxygen atoms in total. The number of carbonyl (C=O) groups is 2. The molecule has 0 spiro atoms. The molecule has 1 aromatic rings. The minimum atomic E-state index is -1.01. The van der Waals surface area contributed by atoms with Gasteiger partial charge < -0.3 is 10.2 Å². The molecule has 90 valence electrons. The van der Waals surface area contributed by atoms with Gasteiger partial charge >= 0.3 is 11.9 Å². The highest BCUT2D eigenvalue weighted by molar-refractivity contribution is 5.92. The average molecular weight is 234 g/mol. The SMILES string of the molecule is Cc1cc(C2(C(=O)O)CC2)cc(C(=O)O)c1C. The minimum absolute atomic E-state index is 0.201. The van der Waals surface area contributed by atoms with E-state index in [1.54, 1.807) is 13.0 Å². The molecular formula is C13H14O4. The Morgan fingerprint density at radius 3 is 2.18 bits per heavy atom. The molecule has 2 rings (SSSR count). The summed E-state index contributed by atoms with van der Waals surface area (Å²) in [4.78, 5) is 22.3. The van der Waals surface area contributed by atoms with Crippen LogP contribution in [0.3, 0.4) is 0 Å². The zero-order valence-corrected chi connectivity index (χ0v) is 9.78. The maximum Gasteiger partial charge on any atom is 0.335 e.